The van der Waals surface area contributed by atoms with Crippen LogP contribution in [-0.4, -0.2) is 22.1 Å². The first-order valence-corrected chi connectivity index (χ1v) is 10.2. The quantitative estimate of drug-likeness (QED) is 0.507. The van der Waals surface area contributed by atoms with E-state index in [1.165, 1.54) is 0 Å². The summed E-state index contributed by atoms with van der Waals surface area (Å²) in [6.07, 6.45) is 4.08. The van der Waals surface area contributed by atoms with Crippen LogP contribution in [0.25, 0.3) is 0 Å². The second kappa shape index (κ2) is 8.82. The average Bonchev–Trinajstić information content (AvgIpc) is 3.19. The molecule has 1 aliphatic carbocycles. The standard InChI is InChI=1S/C23H25N5O2/c1-15(24-22(29)21-19-9-5-6-10-20(19)27-28-21)16-11-13-18(14-12-16)26-23(30)25-17-7-3-2-4-8-17/h2-4,7-8,11-15H,5-6,9-10H2,1H3,(H,24,29)(H,27,28)(H2,25,26,30). The lowest BCUT2D eigenvalue weighted by molar-refractivity contribution is 0.0933. The second-order valence-corrected chi connectivity index (χ2v) is 7.50. The van der Waals surface area contributed by atoms with E-state index in [-0.39, 0.29) is 18.0 Å². The van der Waals surface area contributed by atoms with Crippen LogP contribution in [0.1, 0.15) is 53.1 Å². The Morgan fingerprint density at radius 3 is 2.33 bits per heavy atom. The third-order valence-corrected chi connectivity index (χ3v) is 5.32. The molecule has 0 saturated heterocycles. The number of aromatic nitrogens is 2. The molecule has 0 fully saturated rings. The minimum Gasteiger partial charge on any atom is -0.344 e. The molecule has 154 valence electrons. The highest BCUT2D eigenvalue weighted by molar-refractivity contribution is 5.99. The summed E-state index contributed by atoms with van der Waals surface area (Å²) in [7, 11) is 0. The molecular formula is C23H25N5O2. The van der Waals surface area contributed by atoms with Gasteiger partial charge in [-0.1, -0.05) is 30.3 Å². The molecule has 0 spiro atoms. The lowest BCUT2D eigenvalue weighted by atomic mass is 9.95. The van der Waals surface area contributed by atoms with Crippen molar-refractivity contribution in [3.63, 3.8) is 0 Å². The van der Waals surface area contributed by atoms with Gasteiger partial charge >= 0.3 is 6.03 Å². The number of urea groups is 1. The molecule has 7 nitrogen and oxygen atoms in total. The molecule has 1 atom stereocenters. The minimum atomic E-state index is -0.307. The van der Waals surface area contributed by atoms with Crippen LogP contribution in [0.3, 0.4) is 0 Å². The molecule has 0 radical (unpaired) electrons. The number of carbonyl (C=O) groups excluding carboxylic acids is 2. The molecule has 7 heteroatoms. The summed E-state index contributed by atoms with van der Waals surface area (Å²) in [5.41, 5.74) is 4.99. The number of nitrogens with one attached hydrogen (secondary N) is 4. The lowest BCUT2D eigenvalue weighted by Crippen LogP contribution is -2.28. The van der Waals surface area contributed by atoms with Crippen LogP contribution in [-0.2, 0) is 12.8 Å². The van der Waals surface area contributed by atoms with Crippen molar-refractivity contribution in [1.29, 1.82) is 0 Å². The predicted octanol–water partition coefficient (Wildman–Crippen LogP) is 4.42. The summed E-state index contributed by atoms with van der Waals surface area (Å²) in [4.78, 5) is 24.8. The van der Waals surface area contributed by atoms with Crippen LogP contribution in [0.2, 0.25) is 0 Å². The molecule has 30 heavy (non-hydrogen) atoms. The van der Waals surface area contributed by atoms with E-state index in [2.05, 4.69) is 26.1 Å². The maximum atomic E-state index is 12.7. The summed E-state index contributed by atoms with van der Waals surface area (Å²) in [6.45, 7) is 1.93. The molecule has 0 bridgehead atoms. The number of para-hydroxylation sites is 1. The van der Waals surface area contributed by atoms with Gasteiger partial charge in [0.1, 0.15) is 0 Å². The topological polar surface area (TPSA) is 98.9 Å². The molecule has 3 amide bonds. The number of carbonyl (C=O) groups is 2. The first-order valence-electron chi connectivity index (χ1n) is 10.2. The van der Waals surface area contributed by atoms with Crippen LogP contribution >= 0.6 is 0 Å². The zero-order chi connectivity index (χ0) is 20.9. The molecule has 0 saturated carbocycles. The normalized spacial score (nSPS) is 13.8. The van der Waals surface area contributed by atoms with Gasteiger partial charge in [0.05, 0.1) is 6.04 Å². The van der Waals surface area contributed by atoms with Gasteiger partial charge in [-0.15, -0.1) is 0 Å². The third-order valence-electron chi connectivity index (χ3n) is 5.32. The van der Waals surface area contributed by atoms with Gasteiger partial charge in [0.2, 0.25) is 0 Å². The highest BCUT2D eigenvalue weighted by atomic mass is 16.2. The number of hydrogen-bond acceptors (Lipinski definition) is 3. The van der Waals surface area contributed by atoms with Crippen LogP contribution in [0, 0.1) is 0 Å². The van der Waals surface area contributed by atoms with Crippen LogP contribution in [0.4, 0.5) is 16.2 Å². The number of amides is 3. The van der Waals surface area contributed by atoms with Gasteiger partial charge in [-0.3, -0.25) is 9.89 Å². The Morgan fingerprint density at radius 1 is 0.933 bits per heavy atom. The molecule has 4 rings (SSSR count). The van der Waals surface area contributed by atoms with Gasteiger partial charge in [0, 0.05) is 22.6 Å². The maximum Gasteiger partial charge on any atom is 0.323 e. The third kappa shape index (κ3) is 4.51. The Hall–Kier alpha value is -3.61. The Kier molecular flexibility index (Phi) is 5.79. The number of aryl methyl sites for hydroxylation is 1. The first kappa shape index (κ1) is 19.7. The Morgan fingerprint density at radius 2 is 1.60 bits per heavy atom. The van der Waals surface area contributed by atoms with E-state index >= 15 is 0 Å². The lowest BCUT2D eigenvalue weighted by Gasteiger charge is -2.16. The molecule has 4 N–H and O–H groups in total. The van der Waals surface area contributed by atoms with Gasteiger partial charge in [-0.05, 0) is 62.4 Å². The molecule has 3 aromatic rings. The summed E-state index contributed by atoms with van der Waals surface area (Å²) in [6, 6.07) is 16.2. The minimum absolute atomic E-state index is 0.161. The van der Waals surface area contributed by atoms with Crippen LogP contribution < -0.4 is 16.0 Å². The number of H-pyrrole nitrogens is 1. The van der Waals surface area contributed by atoms with Crippen molar-refractivity contribution >= 4 is 23.3 Å². The molecule has 1 aliphatic rings. The summed E-state index contributed by atoms with van der Waals surface area (Å²) >= 11 is 0. The smallest absolute Gasteiger partial charge is 0.323 e. The molecule has 1 aromatic heterocycles. The molecule has 1 unspecified atom stereocenters. The van der Waals surface area contributed by atoms with E-state index in [9.17, 15) is 9.59 Å². The number of benzene rings is 2. The van der Waals surface area contributed by atoms with Crippen LogP contribution in [0.15, 0.2) is 54.6 Å². The summed E-state index contributed by atoms with van der Waals surface area (Å²) < 4.78 is 0. The number of hydrogen-bond donors (Lipinski definition) is 4. The number of nitrogens with zero attached hydrogens (tertiary/aromatic N) is 1. The van der Waals surface area contributed by atoms with Gasteiger partial charge in [0.25, 0.3) is 5.91 Å². The van der Waals surface area contributed by atoms with Crippen molar-refractivity contribution in [1.82, 2.24) is 15.5 Å². The summed E-state index contributed by atoms with van der Waals surface area (Å²) in [5, 5.41) is 15.8. The molecular weight excluding hydrogens is 378 g/mol. The van der Waals surface area contributed by atoms with Gasteiger partial charge in [-0.25, -0.2) is 4.79 Å². The summed E-state index contributed by atoms with van der Waals surface area (Å²) in [5.74, 6) is -0.161. The van der Waals surface area contributed by atoms with Crippen molar-refractivity contribution < 1.29 is 9.59 Å². The van der Waals surface area contributed by atoms with E-state index in [1.54, 1.807) is 0 Å². The highest BCUT2D eigenvalue weighted by Crippen LogP contribution is 2.23. The predicted molar refractivity (Wildman–Crippen MR) is 117 cm³/mol. The van der Waals surface area contributed by atoms with E-state index in [0.29, 0.717) is 11.4 Å². The number of aromatic amines is 1. The number of rotatable bonds is 5. The number of fused-ring (bicyclic) bond motifs is 1. The maximum absolute atomic E-state index is 12.7. The SMILES string of the molecule is CC(NC(=O)c1n[nH]c2c1CCCC2)c1ccc(NC(=O)Nc2ccccc2)cc1. The van der Waals surface area contributed by atoms with Crippen molar-refractivity contribution in [2.75, 3.05) is 10.6 Å². The average molecular weight is 403 g/mol. The molecule has 2 aromatic carbocycles. The second-order valence-electron chi connectivity index (χ2n) is 7.50. The van der Waals surface area contributed by atoms with Crippen LogP contribution in [0.5, 0.6) is 0 Å². The monoisotopic (exact) mass is 403 g/mol. The Labute approximate surface area is 175 Å². The highest BCUT2D eigenvalue weighted by Gasteiger charge is 2.22. The van der Waals surface area contributed by atoms with E-state index in [4.69, 9.17) is 0 Å². The zero-order valence-corrected chi connectivity index (χ0v) is 16.9. The molecule has 1 heterocycles. The van der Waals surface area contributed by atoms with Crippen molar-refractivity contribution in [2.24, 2.45) is 0 Å². The van der Waals surface area contributed by atoms with E-state index < -0.39 is 0 Å². The fraction of sp³-hybridized carbons (Fsp3) is 0.261. The van der Waals surface area contributed by atoms with Gasteiger partial charge in [0.15, 0.2) is 5.69 Å². The van der Waals surface area contributed by atoms with E-state index in [1.807, 2.05) is 61.5 Å². The largest absolute Gasteiger partial charge is 0.344 e. The van der Waals surface area contributed by atoms with Gasteiger partial charge < -0.3 is 16.0 Å². The Balaban J connectivity index is 1.35. The Bertz CT molecular complexity index is 1030. The zero-order valence-electron chi connectivity index (χ0n) is 16.9. The fourth-order valence-corrected chi connectivity index (χ4v) is 3.69. The fourth-order valence-electron chi connectivity index (χ4n) is 3.69. The van der Waals surface area contributed by atoms with Crippen molar-refractivity contribution in [3.05, 3.63) is 77.1 Å². The van der Waals surface area contributed by atoms with Gasteiger partial charge in [-0.2, -0.15) is 5.10 Å². The van der Waals surface area contributed by atoms with E-state index in [0.717, 1.165) is 48.2 Å². The first-order chi connectivity index (χ1) is 14.6. The van der Waals surface area contributed by atoms with Crippen molar-refractivity contribution in [2.45, 2.75) is 38.6 Å². The molecule has 0 aliphatic heterocycles. The van der Waals surface area contributed by atoms with Crippen molar-refractivity contribution in [3.8, 4) is 0 Å². The number of anilines is 2.